The summed E-state index contributed by atoms with van der Waals surface area (Å²) < 4.78 is 5.91. The van der Waals surface area contributed by atoms with Crippen LogP contribution < -0.4 is 10.6 Å². The molecule has 0 spiro atoms. The molecule has 104 valence electrons. The highest BCUT2D eigenvalue weighted by atomic mass is 16.5. The quantitative estimate of drug-likeness (QED) is 0.908. The van der Waals surface area contributed by atoms with Crippen molar-refractivity contribution in [1.29, 1.82) is 0 Å². The molecular formula is C16H24N2O. The fraction of sp³-hybridized carbons (Fsp3) is 0.625. The van der Waals surface area contributed by atoms with Gasteiger partial charge in [0, 0.05) is 18.3 Å². The number of hydrogen-bond donors (Lipinski definition) is 1. The highest BCUT2D eigenvalue weighted by Gasteiger charge is 2.36. The maximum atomic E-state index is 6.28. The molecule has 2 aliphatic rings. The molecule has 1 saturated heterocycles. The summed E-state index contributed by atoms with van der Waals surface area (Å²) in [4.78, 5) is 2.55. The average Bonchev–Trinajstić information content (AvgIpc) is 2.94. The number of para-hydroxylation sites is 1. The van der Waals surface area contributed by atoms with Crippen molar-refractivity contribution in [3.05, 3.63) is 29.8 Å². The molecule has 3 atom stereocenters. The number of rotatable bonds is 3. The van der Waals surface area contributed by atoms with E-state index in [9.17, 15) is 0 Å². The third-order valence-electron chi connectivity index (χ3n) is 4.57. The second-order valence-electron chi connectivity index (χ2n) is 5.67. The molecule has 3 rings (SSSR count). The molecule has 3 nitrogen and oxygen atoms in total. The van der Waals surface area contributed by atoms with Gasteiger partial charge >= 0.3 is 0 Å². The van der Waals surface area contributed by atoms with Gasteiger partial charge in [-0.25, -0.2) is 0 Å². The zero-order chi connectivity index (χ0) is 13.2. The normalized spacial score (nSPS) is 28.2. The van der Waals surface area contributed by atoms with Gasteiger partial charge in [0.2, 0.25) is 0 Å². The molecule has 1 aliphatic heterocycles. The lowest BCUT2D eigenvalue weighted by Gasteiger charge is -2.40. The molecule has 0 amide bonds. The fourth-order valence-corrected chi connectivity index (χ4v) is 3.51. The third kappa shape index (κ3) is 2.37. The second-order valence-corrected chi connectivity index (χ2v) is 5.67. The van der Waals surface area contributed by atoms with Gasteiger partial charge in [-0.2, -0.15) is 0 Å². The second kappa shape index (κ2) is 5.51. The summed E-state index contributed by atoms with van der Waals surface area (Å²) in [5, 5.41) is 0. The minimum atomic E-state index is 0.138. The monoisotopic (exact) mass is 260 g/mol. The first-order chi connectivity index (χ1) is 9.31. The van der Waals surface area contributed by atoms with E-state index in [2.05, 4.69) is 36.1 Å². The van der Waals surface area contributed by atoms with Crippen molar-refractivity contribution in [1.82, 2.24) is 0 Å². The molecule has 1 heterocycles. The molecule has 0 radical (unpaired) electrons. The van der Waals surface area contributed by atoms with Gasteiger partial charge in [0.15, 0.2) is 0 Å². The minimum absolute atomic E-state index is 0.138. The highest BCUT2D eigenvalue weighted by Crippen LogP contribution is 2.36. The van der Waals surface area contributed by atoms with Gasteiger partial charge < -0.3 is 15.4 Å². The van der Waals surface area contributed by atoms with Crippen LogP contribution in [0.5, 0.6) is 0 Å². The zero-order valence-corrected chi connectivity index (χ0v) is 11.7. The van der Waals surface area contributed by atoms with Crippen LogP contribution in [0.2, 0.25) is 0 Å². The van der Waals surface area contributed by atoms with E-state index < -0.39 is 0 Å². The maximum absolute atomic E-state index is 6.28. The van der Waals surface area contributed by atoms with Crippen molar-refractivity contribution >= 4 is 5.69 Å². The molecule has 1 aliphatic carbocycles. The summed E-state index contributed by atoms with van der Waals surface area (Å²) in [5.41, 5.74) is 8.90. The molecule has 0 bridgehead atoms. The fourth-order valence-electron chi connectivity index (χ4n) is 3.51. The van der Waals surface area contributed by atoms with Crippen LogP contribution in [0, 0.1) is 0 Å². The number of morpholine rings is 1. The van der Waals surface area contributed by atoms with Crippen molar-refractivity contribution in [2.45, 2.75) is 50.8 Å². The molecule has 1 aromatic rings. The summed E-state index contributed by atoms with van der Waals surface area (Å²) >= 11 is 0. The van der Waals surface area contributed by atoms with Crippen molar-refractivity contribution in [3.8, 4) is 0 Å². The van der Waals surface area contributed by atoms with Crippen molar-refractivity contribution in [2.75, 3.05) is 18.1 Å². The molecule has 0 aromatic heterocycles. The third-order valence-corrected chi connectivity index (χ3v) is 4.57. The van der Waals surface area contributed by atoms with E-state index in [-0.39, 0.29) is 6.04 Å². The molecule has 2 N–H and O–H groups in total. The Hall–Kier alpha value is -1.06. The first-order valence-electron chi connectivity index (χ1n) is 7.54. The number of fused-ring (bicyclic) bond motifs is 1. The summed E-state index contributed by atoms with van der Waals surface area (Å²) in [7, 11) is 0. The summed E-state index contributed by atoms with van der Waals surface area (Å²) in [6.45, 7) is 3.99. The van der Waals surface area contributed by atoms with E-state index in [0.29, 0.717) is 12.1 Å². The Kier molecular flexibility index (Phi) is 3.76. The Morgan fingerprint density at radius 1 is 1.37 bits per heavy atom. The average molecular weight is 260 g/mol. The Labute approximate surface area is 115 Å². The predicted octanol–water partition coefficient (Wildman–Crippen LogP) is 2.85. The Balaban J connectivity index is 1.92. The SMILES string of the molecule is CC[C@H](N)c1ccccc1N1CCOC2CCCC21. The van der Waals surface area contributed by atoms with Gasteiger partial charge in [0.25, 0.3) is 0 Å². The van der Waals surface area contributed by atoms with E-state index in [0.717, 1.165) is 19.6 Å². The Morgan fingerprint density at radius 3 is 3.05 bits per heavy atom. The van der Waals surface area contributed by atoms with E-state index in [1.807, 2.05) is 0 Å². The highest BCUT2D eigenvalue weighted by molar-refractivity contribution is 5.56. The topological polar surface area (TPSA) is 38.5 Å². The van der Waals surface area contributed by atoms with Crippen LogP contribution in [0.4, 0.5) is 5.69 Å². The van der Waals surface area contributed by atoms with Gasteiger partial charge in [0.1, 0.15) is 0 Å². The van der Waals surface area contributed by atoms with Crippen molar-refractivity contribution in [2.24, 2.45) is 5.73 Å². The van der Waals surface area contributed by atoms with E-state index >= 15 is 0 Å². The summed E-state index contributed by atoms with van der Waals surface area (Å²) in [5.74, 6) is 0. The lowest BCUT2D eigenvalue weighted by atomic mass is 10.00. The summed E-state index contributed by atoms with van der Waals surface area (Å²) in [6.07, 6.45) is 5.16. The zero-order valence-electron chi connectivity index (χ0n) is 11.7. The minimum Gasteiger partial charge on any atom is -0.374 e. The number of anilines is 1. The van der Waals surface area contributed by atoms with Gasteiger partial charge in [-0.1, -0.05) is 25.1 Å². The molecular weight excluding hydrogens is 236 g/mol. The van der Waals surface area contributed by atoms with E-state index in [1.165, 1.54) is 30.5 Å². The van der Waals surface area contributed by atoms with Gasteiger partial charge in [-0.3, -0.25) is 0 Å². The summed E-state index contributed by atoms with van der Waals surface area (Å²) in [6, 6.07) is 9.33. The van der Waals surface area contributed by atoms with Crippen molar-refractivity contribution in [3.63, 3.8) is 0 Å². The predicted molar refractivity (Wildman–Crippen MR) is 78.4 cm³/mol. The molecule has 2 unspecified atom stereocenters. The van der Waals surface area contributed by atoms with Crippen LogP contribution in [0.1, 0.15) is 44.2 Å². The number of benzene rings is 1. The van der Waals surface area contributed by atoms with E-state index in [4.69, 9.17) is 10.5 Å². The first-order valence-corrected chi connectivity index (χ1v) is 7.54. The number of nitrogens with two attached hydrogens (primary N) is 1. The lowest BCUT2D eigenvalue weighted by Crippen LogP contribution is -2.49. The number of ether oxygens (including phenoxy) is 1. The Morgan fingerprint density at radius 2 is 2.21 bits per heavy atom. The standard InChI is InChI=1S/C16H24N2O/c1-2-13(17)12-6-3-4-7-14(12)18-10-11-19-16-9-5-8-15(16)18/h3-4,6-7,13,15-16H,2,5,8-11,17H2,1H3/t13-,15?,16?/m0/s1. The van der Waals surface area contributed by atoms with Crippen LogP contribution in [-0.4, -0.2) is 25.3 Å². The van der Waals surface area contributed by atoms with Crippen LogP contribution in [0.15, 0.2) is 24.3 Å². The Bertz CT molecular complexity index is 435. The van der Waals surface area contributed by atoms with Gasteiger partial charge in [0.05, 0.1) is 18.8 Å². The van der Waals surface area contributed by atoms with Gasteiger partial charge in [-0.15, -0.1) is 0 Å². The molecule has 1 aromatic carbocycles. The first kappa shape index (κ1) is 12.9. The van der Waals surface area contributed by atoms with Crippen LogP contribution in [0.3, 0.4) is 0 Å². The van der Waals surface area contributed by atoms with Gasteiger partial charge in [-0.05, 0) is 37.3 Å². The molecule has 1 saturated carbocycles. The van der Waals surface area contributed by atoms with Crippen LogP contribution in [0.25, 0.3) is 0 Å². The molecule has 2 fully saturated rings. The van der Waals surface area contributed by atoms with Crippen molar-refractivity contribution < 1.29 is 4.74 Å². The molecule has 3 heteroatoms. The maximum Gasteiger partial charge on any atom is 0.0779 e. The number of hydrogen-bond acceptors (Lipinski definition) is 3. The largest absolute Gasteiger partial charge is 0.374 e. The van der Waals surface area contributed by atoms with Crippen LogP contribution >= 0.6 is 0 Å². The number of nitrogens with zero attached hydrogens (tertiary/aromatic N) is 1. The smallest absolute Gasteiger partial charge is 0.0779 e. The van der Waals surface area contributed by atoms with E-state index in [1.54, 1.807) is 0 Å². The lowest BCUT2D eigenvalue weighted by molar-refractivity contribution is 0.0255. The molecule has 19 heavy (non-hydrogen) atoms. The van der Waals surface area contributed by atoms with Crippen LogP contribution in [-0.2, 0) is 4.74 Å².